The first-order valence-corrected chi connectivity index (χ1v) is 4.72. The fourth-order valence-electron chi connectivity index (χ4n) is 1.04. The molecule has 2 rings (SSSR count). The van der Waals surface area contributed by atoms with Crippen LogP contribution in [0, 0.1) is 0 Å². The standard InChI is InChI=1S/C10H8ClN3O/c11-9-3-1-8(2-4-9)6-15-10-5-12-7-13-14-10/h1-5,7H,6H2. The number of nitrogens with zero attached hydrogens (tertiary/aromatic N) is 3. The molecule has 1 aromatic carbocycles. The molecule has 1 aromatic heterocycles. The lowest BCUT2D eigenvalue weighted by Crippen LogP contribution is -1.98. The Labute approximate surface area is 91.9 Å². The van der Waals surface area contributed by atoms with E-state index in [0.29, 0.717) is 17.5 Å². The fraction of sp³-hybridized carbons (Fsp3) is 0.100. The van der Waals surface area contributed by atoms with Gasteiger partial charge in [-0.2, -0.15) is 0 Å². The molecule has 0 aliphatic carbocycles. The highest BCUT2D eigenvalue weighted by molar-refractivity contribution is 6.30. The van der Waals surface area contributed by atoms with Crippen molar-refractivity contribution >= 4 is 11.6 Å². The van der Waals surface area contributed by atoms with Gasteiger partial charge in [-0.25, -0.2) is 4.98 Å². The highest BCUT2D eigenvalue weighted by Crippen LogP contribution is 2.11. The molecular weight excluding hydrogens is 214 g/mol. The molecule has 0 unspecified atom stereocenters. The van der Waals surface area contributed by atoms with Crippen LogP contribution in [0.15, 0.2) is 36.8 Å². The molecule has 0 amide bonds. The van der Waals surface area contributed by atoms with E-state index in [9.17, 15) is 0 Å². The minimum atomic E-state index is 0.410. The Kier molecular flexibility index (Phi) is 3.09. The number of hydrogen-bond donors (Lipinski definition) is 0. The third kappa shape index (κ3) is 2.89. The highest BCUT2D eigenvalue weighted by atomic mass is 35.5. The summed E-state index contributed by atoms with van der Waals surface area (Å²) in [5.74, 6) is 0.410. The number of benzene rings is 1. The van der Waals surface area contributed by atoms with Crippen LogP contribution in [-0.4, -0.2) is 15.2 Å². The number of ether oxygens (including phenoxy) is 1. The van der Waals surface area contributed by atoms with Crippen molar-refractivity contribution in [2.75, 3.05) is 0 Å². The molecule has 0 aliphatic heterocycles. The maximum absolute atomic E-state index is 5.76. The molecule has 0 saturated carbocycles. The van der Waals surface area contributed by atoms with Crippen molar-refractivity contribution in [3.8, 4) is 5.88 Å². The SMILES string of the molecule is Clc1ccc(COc2cncnn2)cc1. The van der Waals surface area contributed by atoms with Crippen molar-refractivity contribution in [2.24, 2.45) is 0 Å². The smallest absolute Gasteiger partial charge is 0.252 e. The van der Waals surface area contributed by atoms with E-state index in [1.165, 1.54) is 12.5 Å². The van der Waals surface area contributed by atoms with Crippen LogP contribution in [-0.2, 0) is 6.61 Å². The van der Waals surface area contributed by atoms with Crippen molar-refractivity contribution in [3.63, 3.8) is 0 Å². The van der Waals surface area contributed by atoms with Crippen molar-refractivity contribution in [3.05, 3.63) is 47.4 Å². The third-order valence-electron chi connectivity index (χ3n) is 1.76. The van der Waals surface area contributed by atoms with Gasteiger partial charge in [0.25, 0.3) is 5.88 Å². The van der Waals surface area contributed by atoms with Crippen LogP contribution in [0.5, 0.6) is 5.88 Å². The van der Waals surface area contributed by atoms with E-state index < -0.39 is 0 Å². The average molecular weight is 222 g/mol. The van der Waals surface area contributed by atoms with Crippen LogP contribution in [0.4, 0.5) is 0 Å². The van der Waals surface area contributed by atoms with Gasteiger partial charge in [-0.05, 0) is 17.7 Å². The number of halogens is 1. The Hall–Kier alpha value is -1.68. The van der Waals surface area contributed by atoms with E-state index >= 15 is 0 Å². The van der Waals surface area contributed by atoms with Gasteiger partial charge in [-0.3, -0.25) is 0 Å². The van der Waals surface area contributed by atoms with E-state index in [4.69, 9.17) is 16.3 Å². The van der Waals surface area contributed by atoms with Gasteiger partial charge >= 0.3 is 0 Å². The minimum absolute atomic E-state index is 0.410. The predicted octanol–water partition coefficient (Wildman–Crippen LogP) is 2.10. The molecule has 5 heteroatoms. The minimum Gasteiger partial charge on any atom is -0.471 e. The lowest BCUT2D eigenvalue weighted by Gasteiger charge is -2.03. The normalized spacial score (nSPS) is 9.93. The molecule has 76 valence electrons. The van der Waals surface area contributed by atoms with Crippen molar-refractivity contribution in [1.82, 2.24) is 15.2 Å². The second-order valence-electron chi connectivity index (χ2n) is 2.86. The van der Waals surface area contributed by atoms with E-state index in [2.05, 4.69) is 15.2 Å². The molecule has 0 atom stereocenters. The molecule has 1 heterocycles. The van der Waals surface area contributed by atoms with E-state index in [-0.39, 0.29) is 0 Å². The summed E-state index contributed by atoms with van der Waals surface area (Å²) in [5.41, 5.74) is 1.02. The summed E-state index contributed by atoms with van der Waals surface area (Å²) in [5, 5.41) is 8.06. The van der Waals surface area contributed by atoms with Gasteiger partial charge < -0.3 is 4.74 Å². The second kappa shape index (κ2) is 4.70. The second-order valence-corrected chi connectivity index (χ2v) is 3.30. The van der Waals surface area contributed by atoms with Gasteiger partial charge in [0, 0.05) is 5.02 Å². The summed E-state index contributed by atoms with van der Waals surface area (Å²) in [4.78, 5) is 3.79. The van der Waals surface area contributed by atoms with E-state index in [1.807, 2.05) is 24.3 Å². The predicted molar refractivity (Wildman–Crippen MR) is 55.6 cm³/mol. The molecule has 2 aromatic rings. The maximum atomic E-state index is 5.76. The molecule has 15 heavy (non-hydrogen) atoms. The van der Waals surface area contributed by atoms with Gasteiger partial charge in [0.05, 0.1) is 6.20 Å². The van der Waals surface area contributed by atoms with Crippen LogP contribution in [0.2, 0.25) is 5.02 Å². The monoisotopic (exact) mass is 221 g/mol. The Morgan fingerprint density at radius 3 is 2.67 bits per heavy atom. The summed E-state index contributed by atoms with van der Waals surface area (Å²) >= 11 is 5.76. The first-order valence-electron chi connectivity index (χ1n) is 4.34. The third-order valence-corrected chi connectivity index (χ3v) is 2.01. The van der Waals surface area contributed by atoms with Crippen LogP contribution in [0.1, 0.15) is 5.56 Å². The summed E-state index contributed by atoms with van der Waals surface area (Å²) in [6.07, 6.45) is 2.87. The Morgan fingerprint density at radius 1 is 1.20 bits per heavy atom. The fourth-order valence-corrected chi connectivity index (χ4v) is 1.17. The van der Waals surface area contributed by atoms with Gasteiger partial charge in [0.1, 0.15) is 12.9 Å². The first kappa shape index (κ1) is 9.86. The Bertz CT molecular complexity index is 418. The number of aromatic nitrogens is 3. The maximum Gasteiger partial charge on any atom is 0.252 e. The van der Waals surface area contributed by atoms with Gasteiger partial charge in [0.2, 0.25) is 0 Å². The highest BCUT2D eigenvalue weighted by Gasteiger charge is 1.97. The quantitative estimate of drug-likeness (QED) is 0.797. The molecule has 0 N–H and O–H groups in total. The molecular formula is C10H8ClN3O. The molecule has 0 bridgehead atoms. The molecule has 0 aliphatic rings. The summed E-state index contributed by atoms with van der Waals surface area (Å²) in [7, 11) is 0. The largest absolute Gasteiger partial charge is 0.471 e. The Morgan fingerprint density at radius 2 is 2.00 bits per heavy atom. The molecule has 0 fully saturated rings. The average Bonchev–Trinajstić information content (AvgIpc) is 2.30. The van der Waals surface area contributed by atoms with Crippen molar-refractivity contribution in [2.45, 2.75) is 6.61 Å². The van der Waals surface area contributed by atoms with Crippen LogP contribution in [0.3, 0.4) is 0 Å². The zero-order valence-electron chi connectivity index (χ0n) is 7.80. The first-order chi connectivity index (χ1) is 7.34. The molecule has 0 saturated heterocycles. The number of hydrogen-bond acceptors (Lipinski definition) is 4. The lowest BCUT2D eigenvalue weighted by atomic mass is 10.2. The molecule has 0 radical (unpaired) electrons. The summed E-state index contributed by atoms with van der Waals surface area (Å²) in [6.45, 7) is 0.428. The molecule has 0 spiro atoms. The summed E-state index contributed by atoms with van der Waals surface area (Å²) in [6, 6.07) is 7.42. The number of rotatable bonds is 3. The van der Waals surface area contributed by atoms with Gasteiger partial charge in [-0.15, -0.1) is 10.2 Å². The zero-order valence-corrected chi connectivity index (χ0v) is 8.55. The van der Waals surface area contributed by atoms with Crippen LogP contribution >= 0.6 is 11.6 Å². The van der Waals surface area contributed by atoms with Crippen molar-refractivity contribution < 1.29 is 4.74 Å². The van der Waals surface area contributed by atoms with E-state index in [1.54, 1.807) is 0 Å². The Balaban J connectivity index is 1.96. The van der Waals surface area contributed by atoms with Crippen molar-refractivity contribution in [1.29, 1.82) is 0 Å². The summed E-state index contributed by atoms with van der Waals surface area (Å²) < 4.78 is 5.35. The van der Waals surface area contributed by atoms with Gasteiger partial charge in [0.15, 0.2) is 0 Å². The molecule has 4 nitrogen and oxygen atoms in total. The van der Waals surface area contributed by atoms with Crippen LogP contribution < -0.4 is 4.74 Å². The van der Waals surface area contributed by atoms with E-state index in [0.717, 1.165) is 5.56 Å². The van der Waals surface area contributed by atoms with Gasteiger partial charge in [-0.1, -0.05) is 23.7 Å². The zero-order chi connectivity index (χ0) is 10.5. The van der Waals surface area contributed by atoms with Crippen LogP contribution in [0.25, 0.3) is 0 Å². The topological polar surface area (TPSA) is 47.9 Å². The lowest BCUT2D eigenvalue weighted by molar-refractivity contribution is 0.288.